The number of hydrogen-bond acceptors (Lipinski definition) is 5. The van der Waals surface area contributed by atoms with Crippen LogP contribution in [0.4, 0.5) is 8.78 Å². The lowest BCUT2D eigenvalue weighted by molar-refractivity contribution is 0.628. The standard InChI is InChI=1S/C27H21F2N7/c1-2-30-11-15-9-17(13-31-12-15)24-23(29)22-21(14-32-24)35-36-26(22)27-33-20-8-4-7-19(25(20)34-27)16-5-3-6-18(28)10-16/h3-10,12-14,30H,2,11H2,1H3,(H,33,34)(H,35,36). The summed E-state index contributed by atoms with van der Waals surface area (Å²) in [4.78, 5) is 16.6. The molecular weight excluding hydrogens is 460 g/mol. The Balaban J connectivity index is 1.48. The van der Waals surface area contributed by atoms with Crippen molar-refractivity contribution >= 4 is 21.9 Å². The van der Waals surface area contributed by atoms with Gasteiger partial charge in [0, 0.05) is 30.1 Å². The molecule has 0 aliphatic rings. The molecule has 2 aromatic carbocycles. The van der Waals surface area contributed by atoms with E-state index in [0.717, 1.165) is 23.2 Å². The molecule has 3 N–H and O–H groups in total. The topological polar surface area (TPSA) is 95.2 Å². The minimum atomic E-state index is -0.510. The van der Waals surface area contributed by atoms with Crippen LogP contribution < -0.4 is 5.32 Å². The van der Waals surface area contributed by atoms with E-state index >= 15 is 4.39 Å². The number of aromatic nitrogens is 6. The highest BCUT2D eigenvalue weighted by Crippen LogP contribution is 2.34. The van der Waals surface area contributed by atoms with Crippen molar-refractivity contribution < 1.29 is 8.78 Å². The van der Waals surface area contributed by atoms with Gasteiger partial charge in [0.15, 0.2) is 11.6 Å². The molecule has 6 aromatic rings. The number of imidazole rings is 1. The zero-order chi connectivity index (χ0) is 24.6. The molecule has 0 saturated heterocycles. The smallest absolute Gasteiger partial charge is 0.161 e. The van der Waals surface area contributed by atoms with Gasteiger partial charge in [-0.2, -0.15) is 5.10 Å². The van der Waals surface area contributed by atoms with Crippen LogP contribution in [-0.4, -0.2) is 36.7 Å². The molecular formula is C27H21F2N7. The summed E-state index contributed by atoms with van der Waals surface area (Å²) in [5.74, 6) is -0.440. The maximum atomic E-state index is 15.9. The number of para-hydroxylation sites is 1. The van der Waals surface area contributed by atoms with Gasteiger partial charge in [0.25, 0.3) is 0 Å². The number of pyridine rings is 2. The molecule has 0 saturated carbocycles. The molecule has 4 aromatic heterocycles. The van der Waals surface area contributed by atoms with E-state index in [1.807, 2.05) is 37.3 Å². The highest BCUT2D eigenvalue weighted by molar-refractivity contribution is 5.98. The number of nitrogens with one attached hydrogen (secondary N) is 3. The van der Waals surface area contributed by atoms with E-state index in [2.05, 4.69) is 30.5 Å². The first-order chi connectivity index (χ1) is 17.6. The highest BCUT2D eigenvalue weighted by atomic mass is 19.1. The summed E-state index contributed by atoms with van der Waals surface area (Å²) >= 11 is 0. The Bertz CT molecular complexity index is 1720. The Hall–Kier alpha value is -4.50. The first kappa shape index (κ1) is 22.0. The van der Waals surface area contributed by atoms with Crippen LogP contribution in [0.2, 0.25) is 0 Å². The van der Waals surface area contributed by atoms with Gasteiger partial charge in [0.05, 0.1) is 28.1 Å². The van der Waals surface area contributed by atoms with Gasteiger partial charge in [-0.25, -0.2) is 13.8 Å². The monoisotopic (exact) mass is 481 g/mol. The minimum Gasteiger partial charge on any atom is -0.337 e. The van der Waals surface area contributed by atoms with Crippen molar-refractivity contribution in [1.29, 1.82) is 0 Å². The van der Waals surface area contributed by atoms with Crippen molar-refractivity contribution in [2.45, 2.75) is 13.5 Å². The fourth-order valence-corrected chi connectivity index (χ4v) is 4.36. The van der Waals surface area contributed by atoms with Crippen molar-refractivity contribution in [2.24, 2.45) is 0 Å². The van der Waals surface area contributed by atoms with E-state index in [1.54, 1.807) is 24.7 Å². The Morgan fingerprint density at radius 3 is 2.67 bits per heavy atom. The molecule has 4 heterocycles. The molecule has 9 heteroatoms. The number of nitrogens with zero attached hydrogens (tertiary/aromatic N) is 4. The molecule has 0 aliphatic carbocycles. The molecule has 0 bridgehead atoms. The molecule has 0 atom stereocenters. The van der Waals surface area contributed by atoms with Crippen LogP contribution in [0.1, 0.15) is 12.5 Å². The molecule has 7 nitrogen and oxygen atoms in total. The van der Waals surface area contributed by atoms with Gasteiger partial charge >= 0.3 is 0 Å². The van der Waals surface area contributed by atoms with Crippen LogP contribution >= 0.6 is 0 Å². The Kier molecular flexibility index (Phi) is 5.46. The van der Waals surface area contributed by atoms with Gasteiger partial charge in [0.1, 0.15) is 17.2 Å². The van der Waals surface area contributed by atoms with Gasteiger partial charge < -0.3 is 10.3 Å². The molecule has 0 unspecified atom stereocenters. The van der Waals surface area contributed by atoms with E-state index in [-0.39, 0.29) is 16.9 Å². The zero-order valence-corrected chi connectivity index (χ0v) is 19.3. The fraction of sp³-hybridized carbons (Fsp3) is 0.111. The first-order valence-electron chi connectivity index (χ1n) is 11.5. The van der Waals surface area contributed by atoms with Crippen LogP contribution in [0.15, 0.2) is 67.1 Å². The number of halogens is 2. The van der Waals surface area contributed by atoms with Crippen LogP contribution in [0, 0.1) is 11.6 Å². The van der Waals surface area contributed by atoms with Crippen molar-refractivity contribution in [3.8, 4) is 33.9 Å². The Labute approximate surface area is 204 Å². The SMILES string of the molecule is CCNCc1cncc(-c2ncc3[nH]nc(-c4nc5c(-c6cccc(F)c6)cccc5[nH]4)c3c2F)c1. The van der Waals surface area contributed by atoms with E-state index < -0.39 is 5.82 Å². The van der Waals surface area contributed by atoms with E-state index in [1.165, 1.54) is 12.1 Å². The van der Waals surface area contributed by atoms with Crippen molar-refractivity contribution in [3.05, 3.63) is 84.3 Å². The van der Waals surface area contributed by atoms with E-state index in [4.69, 9.17) is 4.98 Å². The molecule has 0 spiro atoms. The summed E-state index contributed by atoms with van der Waals surface area (Å²) in [5, 5.41) is 10.7. The Morgan fingerprint density at radius 1 is 0.917 bits per heavy atom. The predicted octanol–water partition coefficient (Wildman–Crippen LogP) is 5.62. The molecule has 6 rings (SSSR count). The lowest BCUT2D eigenvalue weighted by Gasteiger charge is -2.07. The fourth-order valence-electron chi connectivity index (χ4n) is 4.36. The van der Waals surface area contributed by atoms with Crippen LogP contribution in [0.3, 0.4) is 0 Å². The number of fused-ring (bicyclic) bond motifs is 2. The normalized spacial score (nSPS) is 11.5. The van der Waals surface area contributed by atoms with Gasteiger partial charge in [-0.05, 0) is 41.9 Å². The second-order valence-electron chi connectivity index (χ2n) is 8.44. The predicted molar refractivity (Wildman–Crippen MR) is 135 cm³/mol. The Morgan fingerprint density at radius 2 is 1.81 bits per heavy atom. The van der Waals surface area contributed by atoms with Crippen molar-refractivity contribution in [3.63, 3.8) is 0 Å². The number of aromatic amines is 2. The molecule has 0 fully saturated rings. The van der Waals surface area contributed by atoms with Crippen LogP contribution in [0.25, 0.3) is 55.8 Å². The zero-order valence-electron chi connectivity index (χ0n) is 19.3. The maximum absolute atomic E-state index is 15.9. The minimum absolute atomic E-state index is 0.188. The summed E-state index contributed by atoms with van der Waals surface area (Å²) in [6.07, 6.45) is 4.90. The van der Waals surface area contributed by atoms with Crippen LogP contribution in [-0.2, 0) is 6.54 Å². The molecule has 36 heavy (non-hydrogen) atoms. The summed E-state index contributed by atoms with van der Waals surface area (Å²) < 4.78 is 29.8. The molecule has 178 valence electrons. The summed E-state index contributed by atoms with van der Waals surface area (Å²) in [6, 6.07) is 13.8. The van der Waals surface area contributed by atoms with Crippen LogP contribution in [0.5, 0.6) is 0 Å². The molecule has 0 aliphatic heterocycles. The third kappa shape index (κ3) is 3.79. The summed E-state index contributed by atoms with van der Waals surface area (Å²) in [6.45, 7) is 3.47. The van der Waals surface area contributed by atoms with E-state index in [0.29, 0.717) is 40.2 Å². The highest BCUT2D eigenvalue weighted by Gasteiger charge is 2.21. The average molecular weight is 482 g/mol. The maximum Gasteiger partial charge on any atom is 0.161 e. The summed E-state index contributed by atoms with van der Waals surface area (Å²) in [7, 11) is 0. The first-order valence-corrected chi connectivity index (χ1v) is 11.5. The lowest BCUT2D eigenvalue weighted by Crippen LogP contribution is -2.11. The second-order valence-corrected chi connectivity index (χ2v) is 8.44. The third-order valence-corrected chi connectivity index (χ3v) is 6.06. The van der Waals surface area contributed by atoms with Crippen molar-refractivity contribution in [2.75, 3.05) is 6.54 Å². The molecule has 0 amide bonds. The van der Waals surface area contributed by atoms with Gasteiger partial charge in [-0.1, -0.05) is 31.2 Å². The van der Waals surface area contributed by atoms with Crippen molar-refractivity contribution in [1.82, 2.24) is 35.5 Å². The quantitative estimate of drug-likeness (QED) is 0.287. The second kappa shape index (κ2) is 8.94. The van der Waals surface area contributed by atoms with Gasteiger partial charge in [0.2, 0.25) is 0 Å². The number of hydrogen-bond donors (Lipinski definition) is 3. The largest absolute Gasteiger partial charge is 0.337 e. The average Bonchev–Trinajstić information content (AvgIpc) is 3.52. The third-order valence-electron chi connectivity index (χ3n) is 6.06. The molecule has 0 radical (unpaired) electrons. The van der Waals surface area contributed by atoms with Gasteiger partial charge in [-0.15, -0.1) is 0 Å². The summed E-state index contributed by atoms with van der Waals surface area (Å²) in [5.41, 5.74) is 5.34. The number of benzene rings is 2. The van der Waals surface area contributed by atoms with E-state index in [9.17, 15) is 4.39 Å². The van der Waals surface area contributed by atoms with Gasteiger partial charge in [-0.3, -0.25) is 15.1 Å². The lowest BCUT2D eigenvalue weighted by atomic mass is 10.0. The number of rotatable bonds is 6. The number of H-pyrrole nitrogens is 2.